The van der Waals surface area contributed by atoms with E-state index < -0.39 is 0 Å². The van der Waals surface area contributed by atoms with Gasteiger partial charge >= 0.3 is 0 Å². The minimum atomic E-state index is 0. The average molecular weight is 153 g/mol. The highest BCUT2D eigenvalue weighted by molar-refractivity contribution is 5.20. The molecule has 0 fully saturated rings. The van der Waals surface area contributed by atoms with E-state index in [1.165, 1.54) is 11.1 Å². The molecule has 64 valence electrons. The molecule has 0 aliphatic carbocycles. The molecule has 0 atom stereocenters. The van der Waals surface area contributed by atoms with Gasteiger partial charge in [0.2, 0.25) is 0 Å². The van der Waals surface area contributed by atoms with E-state index in [1.54, 1.807) is 0 Å². The summed E-state index contributed by atoms with van der Waals surface area (Å²) in [5, 5.41) is 0. The molecule has 1 nitrogen and oxygen atoms in total. The van der Waals surface area contributed by atoms with Crippen molar-refractivity contribution < 1.29 is 1.43 Å². The largest absolute Gasteiger partial charge is 0.326 e. The highest BCUT2D eigenvalue weighted by Crippen LogP contribution is 2.00. The molecule has 0 aromatic heterocycles. The SMILES string of the molecule is CC.Cc1ccc(CN)cc1.[HH]. The first-order chi connectivity index (χ1) is 5.33. The molecule has 1 aromatic carbocycles. The summed E-state index contributed by atoms with van der Waals surface area (Å²) in [5.74, 6) is 0. The molecule has 11 heavy (non-hydrogen) atoms. The summed E-state index contributed by atoms with van der Waals surface area (Å²) in [6.07, 6.45) is 0. The Morgan fingerprint density at radius 1 is 1.18 bits per heavy atom. The van der Waals surface area contributed by atoms with Crippen LogP contribution in [0, 0.1) is 6.92 Å². The van der Waals surface area contributed by atoms with E-state index in [0.717, 1.165) is 0 Å². The van der Waals surface area contributed by atoms with E-state index >= 15 is 0 Å². The van der Waals surface area contributed by atoms with Gasteiger partial charge in [-0.25, -0.2) is 0 Å². The van der Waals surface area contributed by atoms with Crippen LogP contribution in [-0.4, -0.2) is 0 Å². The lowest BCUT2D eigenvalue weighted by molar-refractivity contribution is 1.07. The minimum Gasteiger partial charge on any atom is -0.326 e. The van der Waals surface area contributed by atoms with Crippen LogP contribution >= 0.6 is 0 Å². The molecule has 1 heteroatoms. The topological polar surface area (TPSA) is 26.0 Å². The molecule has 0 aliphatic rings. The van der Waals surface area contributed by atoms with Crippen LogP contribution in [0.5, 0.6) is 0 Å². The number of nitrogens with two attached hydrogens (primary N) is 1. The van der Waals surface area contributed by atoms with Crippen LogP contribution in [0.2, 0.25) is 0 Å². The molecule has 0 spiro atoms. The van der Waals surface area contributed by atoms with Gasteiger partial charge in [0.1, 0.15) is 0 Å². The second kappa shape index (κ2) is 5.93. The molecule has 0 amide bonds. The fourth-order valence-electron chi connectivity index (χ4n) is 0.724. The summed E-state index contributed by atoms with van der Waals surface area (Å²) < 4.78 is 0. The second-order valence-electron chi connectivity index (χ2n) is 2.19. The lowest BCUT2D eigenvalue weighted by atomic mass is 10.2. The Bertz CT molecular complexity index is 182. The van der Waals surface area contributed by atoms with Crippen LogP contribution in [0.4, 0.5) is 0 Å². The minimum absolute atomic E-state index is 0. The first-order valence-electron chi connectivity index (χ1n) is 4.08. The normalized spacial score (nSPS) is 8.36. The summed E-state index contributed by atoms with van der Waals surface area (Å²) in [6.45, 7) is 6.71. The average Bonchev–Trinajstić information content (AvgIpc) is 2.10. The first kappa shape index (κ1) is 10.2. The second-order valence-corrected chi connectivity index (χ2v) is 2.19. The van der Waals surface area contributed by atoms with Crippen LogP contribution < -0.4 is 5.73 Å². The lowest BCUT2D eigenvalue weighted by Gasteiger charge is -1.94. The maximum Gasteiger partial charge on any atom is 0.0178 e. The van der Waals surface area contributed by atoms with Crippen molar-refractivity contribution in [1.82, 2.24) is 0 Å². The quantitative estimate of drug-likeness (QED) is 0.659. The highest BCUT2D eigenvalue weighted by Gasteiger charge is 1.84. The molecular formula is C10H19N. The molecule has 0 saturated heterocycles. The third kappa shape index (κ3) is 3.79. The van der Waals surface area contributed by atoms with Crippen molar-refractivity contribution in [3.63, 3.8) is 0 Å². The molecule has 0 saturated carbocycles. The van der Waals surface area contributed by atoms with Gasteiger partial charge in [0.25, 0.3) is 0 Å². The number of aryl methyl sites for hydroxylation is 1. The van der Waals surface area contributed by atoms with Gasteiger partial charge in [-0.15, -0.1) is 0 Å². The smallest absolute Gasteiger partial charge is 0.0178 e. The number of hydrogen-bond donors (Lipinski definition) is 1. The molecule has 1 aromatic rings. The fourth-order valence-corrected chi connectivity index (χ4v) is 0.724. The summed E-state index contributed by atoms with van der Waals surface area (Å²) in [7, 11) is 0. The summed E-state index contributed by atoms with van der Waals surface area (Å²) >= 11 is 0. The van der Waals surface area contributed by atoms with E-state index in [4.69, 9.17) is 5.73 Å². The maximum atomic E-state index is 5.40. The Morgan fingerprint density at radius 2 is 1.64 bits per heavy atom. The van der Waals surface area contributed by atoms with Crippen molar-refractivity contribution in [3.05, 3.63) is 35.4 Å². The van der Waals surface area contributed by atoms with Gasteiger partial charge in [-0.1, -0.05) is 43.7 Å². The van der Waals surface area contributed by atoms with Gasteiger partial charge in [-0.3, -0.25) is 0 Å². The summed E-state index contributed by atoms with van der Waals surface area (Å²) in [5.41, 5.74) is 7.88. The van der Waals surface area contributed by atoms with Gasteiger partial charge in [0.15, 0.2) is 0 Å². The van der Waals surface area contributed by atoms with Crippen LogP contribution in [0.3, 0.4) is 0 Å². The van der Waals surface area contributed by atoms with Gasteiger partial charge in [-0.2, -0.15) is 0 Å². The van der Waals surface area contributed by atoms with Gasteiger partial charge in [0.05, 0.1) is 0 Å². The van der Waals surface area contributed by atoms with Crippen molar-refractivity contribution in [2.75, 3.05) is 0 Å². The first-order valence-corrected chi connectivity index (χ1v) is 4.08. The van der Waals surface area contributed by atoms with E-state index in [2.05, 4.69) is 31.2 Å². The zero-order chi connectivity index (χ0) is 8.69. The van der Waals surface area contributed by atoms with Crippen LogP contribution in [0.25, 0.3) is 0 Å². The maximum absolute atomic E-state index is 5.40. The van der Waals surface area contributed by atoms with Crippen molar-refractivity contribution in [1.29, 1.82) is 0 Å². The molecule has 0 heterocycles. The Morgan fingerprint density at radius 3 is 2.00 bits per heavy atom. The number of rotatable bonds is 1. The third-order valence-electron chi connectivity index (χ3n) is 1.36. The monoisotopic (exact) mass is 153 g/mol. The van der Waals surface area contributed by atoms with Gasteiger partial charge in [0, 0.05) is 7.97 Å². The van der Waals surface area contributed by atoms with Crippen LogP contribution in [0.1, 0.15) is 26.4 Å². The van der Waals surface area contributed by atoms with Gasteiger partial charge < -0.3 is 5.73 Å². The molecule has 0 bridgehead atoms. The Labute approximate surface area is 70.7 Å². The molecule has 0 radical (unpaired) electrons. The molecular weight excluding hydrogens is 134 g/mol. The highest BCUT2D eigenvalue weighted by atomic mass is 14.5. The fraction of sp³-hybridized carbons (Fsp3) is 0.400. The van der Waals surface area contributed by atoms with Crippen LogP contribution in [-0.2, 0) is 6.54 Å². The number of hydrogen-bond acceptors (Lipinski definition) is 1. The third-order valence-corrected chi connectivity index (χ3v) is 1.36. The number of benzene rings is 1. The standard InChI is InChI=1S/C8H11N.C2H6.H2/c1-7-2-4-8(6-9)5-3-7;1-2;/h2-5H,6,9H2,1H3;1-2H3;1H. The summed E-state index contributed by atoms with van der Waals surface area (Å²) in [4.78, 5) is 0. The molecule has 1 rings (SSSR count). The Hall–Kier alpha value is -0.820. The zero-order valence-electron chi connectivity index (χ0n) is 7.59. The zero-order valence-corrected chi connectivity index (χ0v) is 7.59. The summed E-state index contributed by atoms with van der Waals surface area (Å²) in [6, 6.07) is 8.25. The molecule has 0 aliphatic heterocycles. The van der Waals surface area contributed by atoms with E-state index in [1.807, 2.05) is 13.8 Å². The Kier molecular flexibility index (Phi) is 5.49. The predicted molar refractivity (Wildman–Crippen MR) is 52.5 cm³/mol. The lowest BCUT2D eigenvalue weighted by Crippen LogP contribution is -1.94. The van der Waals surface area contributed by atoms with Crippen molar-refractivity contribution in [2.45, 2.75) is 27.3 Å². The van der Waals surface area contributed by atoms with Crippen molar-refractivity contribution >= 4 is 0 Å². The van der Waals surface area contributed by atoms with E-state index in [0.29, 0.717) is 6.54 Å². The molecule has 0 unspecified atom stereocenters. The Balaban J connectivity index is 0. The van der Waals surface area contributed by atoms with Crippen LogP contribution in [0.15, 0.2) is 24.3 Å². The van der Waals surface area contributed by atoms with E-state index in [-0.39, 0.29) is 1.43 Å². The van der Waals surface area contributed by atoms with Crippen molar-refractivity contribution in [2.24, 2.45) is 5.73 Å². The molecule has 2 N–H and O–H groups in total. The van der Waals surface area contributed by atoms with Gasteiger partial charge in [-0.05, 0) is 12.5 Å². The van der Waals surface area contributed by atoms with E-state index in [9.17, 15) is 0 Å². The van der Waals surface area contributed by atoms with Crippen molar-refractivity contribution in [3.8, 4) is 0 Å². The predicted octanol–water partition coefficient (Wildman–Crippen LogP) is 2.73.